The number of amides is 1. The van der Waals surface area contributed by atoms with Crippen molar-refractivity contribution in [2.24, 2.45) is 29.6 Å². The first-order chi connectivity index (χ1) is 28.5. The number of benzene rings is 2. The largest absolute Gasteiger partial charge is 0.431 e. The first kappa shape index (κ1) is 42.5. The molecule has 3 saturated carbocycles. The highest BCUT2D eigenvalue weighted by Crippen LogP contribution is 2.63. The number of pyridine rings is 1. The third-order valence-electron chi connectivity index (χ3n) is 11.4. The summed E-state index contributed by atoms with van der Waals surface area (Å²) in [7, 11) is -2.34. The summed E-state index contributed by atoms with van der Waals surface area (Å²) < 4.78 is 130. The van der Waals surface area contributed by atoms with Gasteiger partial charge in [-0.1, -0.05) is 23.6 Å². The molecule has 3 heterocycles. The number of nitrogens with two attached hydrogens (primary N) is 1. The molecule has 12 nitrogen and oxygen atoms in total. The molecule has 5 unspecified atom stereocenters. The highest BCUT2D eigenvalue weighted by Gasteiger charge is 2.68. The number of β-amino-alcohol motifs (C(OH)–C–C–N with tert-alkyl or cyclic N) is 1. The number of allylic oxidation sites excluding steroid dienone is 2. The molecule has 8 rings (SSSR count). The van der Waals surface area contributed by atoms with E-state index in [1.165, 1.54) is 23.9 Å². The number of nitrogens with zero attached hydrogens (tertiary/aromatic N) is 4. The molecule has 61 heavy (non-hydrogen) atoms. The van der Waals surface area contributed by atoms with Crippen LogP contribution in [0.1, 0.15) is 48.6 Å². The lowest BCUT2D eigenvalue weighted by atomic mass is 9.92. The molecule has 0 bridgehead atoms. The number of halogens is 8. The minimum Gasteiger partial charge on any atom is -0.394 e. The van der Waals surface area contributed by atoms with Crippen molar-refractivity contribution in [3.8, 4) is 23.0 Å². The molecule has 3 aliphatic carbocycles. The summed E-state index contributed by atoms with van der Waals surface area (Å²) in [5.41, 5.74) is -0.524. The van der Waals surface area contributed by atoms with E-state index in [-0.39, 0.29) is 63.6 Å². The molecule has 0 spiro atoms. The van der Waals surface area contributed by atoms with Crippen LogP contribution in [0.25, 0.3) is 22.0 Å². The summed E-state index contributed by atoms with van der Waals surface area (Å²) in [6.45, 7) is -0.249. The van der Waals surface area contributed by atoms with Gasteiger partial charge in [0.25, 0.3) is 5.92 Å². The summed E-state index contributed by atoms with van der Waals surface area (Å²) in [6.07, 6.45) is -3.55. The number of carbonyl (C=O) groups excluding carboxylic acids is 1. The highest BCUT2D eigenvalue weighted by molar-refractivity contribution is 7.92. The van der Waals surface area contributed by atoms with Gasteiger partial charge in [0.2, 0.25) is 15.9 Å². The topological polar surface area (TPSA) is 177 Å². The van der Waals surface area contributed by atoms with Crippen molar-refractivity contribution in [1.82, 2.24) is 25.4 Å². The van der Waals surface area contributed by atoms with E-state index >= 15 is 8.78 Å². The van der Waals surface area contributed by atoms with Gasteiger partial charge in [-0.05, 0) is 80.0 Å². The van der Waals surface area contributed by atoms with E-state index in [4.69, 9.17) is 22.3 Å². The van der Waals surface area contributed by atoms with E-state index in [0.717, 1.165) is 18.4 Å². The quantitative estimate of drug-likeness (QED) is 0.115. The molecule has 2 aromatic heterocycles. The fraction of sp³-hybridized carbons (Fsp3) is 0.400. The van der Waals surface area contributed by atoms with Gasteiger partial charge < -0.3 is 21.5 Å². The van der Waals surface area contributed by atoms with Gasteiger partial charge in [0.1, 0.15) is 40.9 Å². The molecule has 322 valence electrons. The van der Waals surface area contributed by atoms with Crippen LogP contribution in [0.15, 0.2) is 58.7 Å². The van der Waals surface area contributed by atoms with Crippen molar-refractivity contribution in [2.75, 3.05) is 30.6 Å². The summed E-state index contributed by atoms with van der Waals surface area (Å²) in [4.78, 5) is 22.6. The van der Waals surface area contributed by atoms with Gasteiger partial charge in [-0.3, -0.25) is 19.2 Å². The molecule has 1 amide bonds. The normalized spacial score (nSPS) is 27.0. The SMILES string of the molecule is Cn1nc(NS(C)(=O)=O)c2c(Cl)ccc(-c3ccc(C#CC4(O)CCCNC4)nc3C3(NC(=O)CN=C4C(=C(N)C(F)(F)F)C5CC5C4(F)F)CC3c3cc(F)cc(F)c3)c21. The van der Waals surface area contributed by atoms with E-state index < -0.39 is 92.1 Å². The number of piperidine rings is 1. The van der Waals surface area contributed by atoms with Crippen LogP contribution in [0.5, 0.6) is 0 Å². The van der Waals surface area contributed by atoms with Gasteiger partial charge in [-0.25, -0.2) is 22.2 Å². The number of anilines is 1. The third-order valence-corrected chi connectivity index (χ3v) is 12.3. The monoisotopic (exact) mass is 892 g/mol. The first-order valence-electron chi connectivity index (χ1n) is 18.9. The number of aliphatic imine (C=N–C) groups is 1. The van der Waals surface area contributed by atoms with Gasteiger partial charge in [-0.15, -0.1) is 0 Å². The van der Waals surface area contributed by atoms with Crippen LogP contribution in [0.4, 0.5) is 36.6 Å². The number of fused-ring (bicyclic) bond motifs is 2. The molecule has 21 heteroatoms. The van der Waals surface area contributed by atoms with Crippen LogP contribution in [-0.4, -0.2) is 83.5 Å². The van der Waals surface area contributed by atoms with Crippen molar-refractivity contribution in [1.29, 1.82) is 0 Å². The summed E-state index contributed by atoms with van der Waals surface area (Å²) >= 11 is 6.62. The Bertz CT molecular complexity index is 2740. The number of hydrogen-bond acceptors (Lipinski definition) is 9. The smallest absolute Gasteiger partial charge is 0.394 e. The molecule has 2 aromatic carbocycles. The highest BCUT2D eigenvalue weighted by atomic mass is 35.5. The molecular formula is C40H36ClF7N8O4S. The standard InChI is InChI=1S/C40H36ClF7N8O4S/c1-56-32-23(6-7-28(41)31(32)36(54-56)55-61(2,59)60)24-5-4-22(8-10-37(58)9-3-11-50-18-37)52-34(24)38(16-27(38)19-12-20(42)14-21(43)13-19)53-29(57)17-51-35-30(33(49)40(46,47)48)25-15-26(25)39(35,44)45/h4-7,12-14,25-27,50,58H,3,9,11,15-18,49H2,1-2H3,(H,53,57)(H,54,55). The lowest BCUT2D eigenvalue weighted by Crippen LogP contribution is -2.44. The van der Waals surface area contributed by atoms with Gasteiger partial charge >= 0.3 is 6.18 Å². The van der Waals surface area contributed by atoms with Gasteiger partial charge in [0.05, 0.1) is 33.4 Å². The van der Waals surface area contributed by atoms with Crippen LogP contribution >= 0.6 is 11.6 Å². The first-order valence-corrected chi connectivity index (χ1v) is 21.2. The minimum atomic E-state index is -5.14. The number of sulfonamides is 1. The summed E-state index contributed by atoms with van der Waals surface area (Å²) in [5, 5.41) is 21.6. The van der Waals surface area contributed by atoms with Crippen molar-refractivity contribution in [3.63, 3.8) is 0 Å². The zero-order valence-corrected chi connectivity index (χ0v) is 33.8. The average molecular weight is 893 g/mol. The predicted molar refractivity (Wildman–Crippen MR) is 211 cm³/mol. The number of hydrogen-bond donors (Lipinski definition) is 5. The second-order valence-corrected chi connectivity index (χ2v) is 18.0. The van der Waals surface area contributed by atoms with E-state index in [1.807, 2.05) is 0 Å². The number of aromatic nitrogens is 3. The lowest BCUT2D eigenvalue weighted by Gasteiger charge is -2.27. The second kappa shape index (κ2) is 14.7. The van der Waals surface area contributed by atoms with Crippen LogP contribution in [0.3, 0.4) is 0 Å². The molecular weight excluding hydrogens is 857 g/mol. The van der Waals surface area contributed by atoms with Crippen LogP contribution in [-0.2, 0) is 27.4 Å². The van der Waals surface area contributed by atoms with Crippen molar-refractivity contribution in [2.45, 2.75) is 54.8 Å². The lowest BCUT2D eigenvalue weighted by molar-refractivity contribution is -0.120. The van der Waals surface area contributed by atoms with Gasteiger partial charge in [0, 0.05) is 48.2 Å². The van der Waals surface area contributed by atoms with E-state index in [2.05, 4.69) is 37.3 Å². The Morgan fingerprint density at radius 1 is 1.15 bits per heavy atom. The van der Waals surface area contributed by atoms with Gasteiger partial charge in [0.15, 0.2) is 5.82 Å². The Labute approximate surface area is 348 Å². The maximum atomic E-state index is 15.4. The fourth-order valence-corrected chi connectivity index (χ4v) is 9.30. The maximum absolute atomic E-state index is 15.4. The number of aliphatic hydroxyl groups is 1. The number of alkyl halides is 5. The van der Waals surface area contributed by atoms with Crippen LogP contribution < -0.4 is 21.1 Å². The maximum Gasteiger partial charge on any atom is 0.431 e. The summed E-state index contributed by atoms with van der Waals surface area (Å²) in [6, 6.07) is 8.87. The van der Waals surface area contributed by atoms with Gasteiger partial charge in [-0.2, -0.15) is 27.1 Å². The van der Waals surface area contributed by atoms with Crippen molar-refractivity contribution >= 4 is 50.0 Å². The molecule has 0 radical (unpaired) electrons. The summed E-state index contributed by atoms with van der Waals surface area (Å²) in [5.74, 6) is -4.71. The number of aryl methyl sites for hydroxylation is 1. The fourth-order valence-electron chi connectivity index (χ4n) is 8.56. The second-order valence-electron chi connectivity index (χ2n) is 15.9. The Balaban J connectivity index is 1.29. The van der Waals surface area contributed by atoms with Crippen molar-refractivity contribution < 1.29 is 49.1 Å². The minimum absolute atomic E-state index is 0.0421. The molecule has 5 atom stereocenters. The third kappa shape index (κ3) is 7.92. The van der Waals surface area contributed by atoms with E-state index in [9.17, 15) is 40.3 Å². The zero-order valence-electron chi connectivity index (χ0n) is 32.2. The van der Waals surface area contributed by atoms with Crippen molar-refractivity contribution in [3.05, 3.63) is 87.3 Å². The Morgan fingerprint density at radius 3 is 2.51 bits per heavy atom. The molecule has 4 fully saturated rings. The zero-order chi connectivity index (χ0) is 44.0. The number of carbonyl (C=O) groups is 1. The van der Waals surface area contributed by atoms with Crippen LogP contribution in [0.2, 0.25) is 5.02 Å². The molecule has 4 aromatic rings. The average Bonchev–Trinajstić information content (AvgIpc) is 4.07. The Morgan fingerprint density at radius 2 is 1.85 bits per heavy atom. The molecule has 4 aliphatic rings. The molecule has 1 aliphatic heterocycles. The predicted octanol–water partition coefficient (Wildman–Crippen LogP) is 5.40. The number of rotatable bonds is 8. The number of nitrogens with one attached hydrogen (secondary N) is 3. The van der Waals surface area contributed by atoms with E-state index in [1.54, 1.807) is 12.1 Å². The van der Waals surface area contributed by atoms with Crippen LogP contribution in [0, 0.1) is 35.3 Å². The van der Waals surface area contributed by atoms with E-state index in [0.29, 0.717) is 31.0 Å². The molecule has 6 N–H and O–H groups in total. The Kier molecular flexibility index (Phi) is 10.2. The molecule has 1 saturated heterocycles. The Hall–Kier alpha value is -5.23.